The van der Waals surface area contributed by atoms with E-state index in [1.54, 1.807) is 4.52 Å². The fourth-order valence-corrected chi connectivity index (χ4v) is 1.52. The molecular formula is C7H7BrN4. The van der Waals surface area contributed by atoms with Gasteiger partial charge in [-0.3, -0.25) is 0 Å². The second-order valence-corrected chi connectivity index (χ2v) is 3.25. The quantitative estimate of drug-likeness (QED) is 0.739. The van der Waals surface area contributed by atoms with E-state index in [4.69, 9.17) is 5.73 Å². The SMILES string of the molecule is Cc1ccc2c(N)nc(Br)n2n1. The number of hydrogen-bond acceptors (Lipinski definition) is 3. The van der Waals surface area contributed by atoms with E-state index in [2.05, 4.69) is 26.0 Å². The Hall–Kier alpha value is -1.10. The van der Waals surface area contributed by atoms with Crippen molar-refractivity contribution in [3.63, 3.8) is 0 Å². The number of nitrogens with zero attached hydrogens (tertiary/aromatic N) is 3. The number of halogens is 1. The predicted octanol–water partition coefficient (Wildman–Crippen LogP) is 1.38. The largest absolute Gasteiger partial charge is 0.382 e. The van der Waals surface area contributed by atoms with Crippen LogP contribution in [0.3, 0.4) is 0 Å². The third-order valence-corrected chi connectivity index (χ3v) is 2.13. The van der Waals surface area contributed by atoms with Crippen molar-refractivity contribution in [1.29, 1.82) is 0 Å². The molecule has 12 heavy (non-hydrogen) atoms. The van der Waals surface area contributed by atoms with Crippen LogP contribution < -0.4 is 5.73 Å². The summed E-state index contributed by atoms with van der Waals surface area (Å²) in [7, 11) is 0. The Labute approximate surface area is 77.5 Å². The molecule has 2 aromatic rings. The second kappa shape index (κ2) is 2.45. The van der Waals surface area contributed by atoms with Crippen molar-refractivity contribution in [2.24, 2.45) is 0 Å². The lowest BCUT2D eigenvalue weighted by Crippen LogP contribution is -1.94. The average Bonchev–Trinajstić information content (AvgIpc) is 2.28. The van der Waals surface area contributed by atoms with E-state index in [1.165, 1.54) is 0 Å². The topological polar surface area (TPSA) is 56.2 Å². The molecule has 62 valence electrons. The zero-order chi connectivity index (χ0) is 8.72. The lowest BCUT2D eigenvalue weighted by molar-refractivity contribution is 0.870. The highest BCUT2D eigenvalue weighted by atomic mass is 79.9. The highest BCUT2D eigenvalue weighted by Crippen LogP contribution is 2.17. The molecule has 0 amide bonds. The summed E-state index contributed by atoms with van der Waals surface area (Å²) < 4.78 is 2.31. The molecule has 5 heteroatoms. The highest BCUT2D eigenvalue weighted by molar-refractivity contribution is 9.10. The fourth-order valence-electron chi connectivity index (χ4n) is 1.05. The summed E-state index contributed by atoms with van der Waals surface area (Å²) in [6.45, 7) is 1.92. The van der Waals surface area contributed by atoms with Crippen LogP contribution >= 0.6 is 15.9 Å². The van der Waals surface area contributed by atoms with E-state index < -0.39 is 0 Å². The number of aromatic nitrogens is 3. The maximum atomic E-state index is 5.63. The smallest absolute Gasteiger partial charge is 0.200 e. The molecule has 2 rings (SSSR count). The van der Waals surface area contributed by atoms with E-state index in [9.17, 15) is 0 Å². The first-order valence-corrected chi connectivity index (χ1v) is 4.25. The summed E-state index contributed by atoms with van der Waals surface area (Å²) in [6.07, 6.45) is 0. The molecule has 0 radical (unpaired) electrons. The molecule has 0 unspecified atom stereocenters. The monoisotopic (exact) mass is 226 g/mol. The van der Waals surface area contributed by atoms with Crippen LogP contribution in [0.4, 0.5) is 5.82 Å². The highest BCUT2D eigenvalue weighted by Gasteiger charge is 2.05. The normalized spacial score (nSPS) is 10.8. The van der Waals surface area contributed by atoms with Crippen molar-refractivity contribution in [3.05, 3.63) is 22.6 Å². The molecule has 0 atom stereocenters. The van der Waals surface area contributed by atoms with Crippen molar-refractivity contribution >= 4 is 27.3 Å². The molecule has 0 bridgehead atoms. The first-order chi connectivity index (χ1) is 5.68. The summed E-state index contributed by atoms with van der Waals surface area (Å²) in [5.74, 6) is 0.495. The first kappa shape index (κ1) is 7.54. The first-order valence-electron chi connectivity index (χ1n) is 3.46. The third-order valence-electron chi connectivity index (χ3n) is 1.62. The minimum atomic E-state index is 0.495. The van der Waals surface area contributed by atoms with Crippen LogP contribution in [-0.4, -0.2) is 14.6 Å². The number of imidazole rings is 1. The molecule has 2 aromatic heterocycles. The Bertz CT molecular complexity index is 434. The number of hydrogen-bond donors (Lipinski definition) is 1. The van der Waals surface area contributed by atoms with E-state index in [0.717, 1.165) is 11.2 Å². The van der Waals surface area contributed by atoms with Crippen LogP contribution in [0.25, 0.3) is 5.52 Å². The second-order valence-electron chi connectivity index (χ2n) is 2.54. The van der Waals surface area contributed by atoms with E-state index in [0.29, 0.717) is 10.6 Å². The van der Waals surface area contributed by atoms with Crippen LogP contribution in [0.5, 0.6) is 0 Å². The van der Waals surface area contributed by atoms with Crippen LogP contribution in [0.1, 0.15) is 5.69 Å². The van der Waals surface area contributed by atoms with Gasteiger partial charge in [-0.15, -0.1) is 0 Å². The summed E-state index contributed by atoms with van der Waals surface area (Å²) in [5.41, 5.74) is 7.38. The Morgan fingerprint density at radius 3 is 3.00 bits per heavy atom. The summed E-state index contributed by atoms with van der Waals surface area (Å²) >= 11 is 3.26. The van der Waals surface area contributed by atoms with Crippen molar-refractivity contribution in [3.8, 4) is 0 Å². The van der Waals surface area contributed by atoms with Crippen LogP contribution in [0, 0.1) is 6.92 Å². The van der Waals surface area contributed by atoms with Crippen molar-refractivity contribution in [2.75, 3.05) is 5.73 Å². The molecule has 0 aliphatic heterocycles. The molecule has 0 aromatic carbocycles. The summed E-state index contributed by atoms with van der Waals surface area (Å²) in [5, 5.41) is 4.22. The molecule has 0 fully saturated rings. The zero-order valence-corrected chi connectivity index (χ0v) is 8.04. The molecule has 0 spiro atoms. The van der Waals surface area contributed by atoms with E-state index >= 15 is 0 Å². The van der Waals surface area contributed by atoms with Gasteiger partial charge in [-0.05, 0) is 35.0 Å². The average molecular weight is 227 g/mol. The zero-order valence-electron chi connectivity index (χ0n) is 6.45. The maximum absolute atomic E-state index is 5.63. The Balaban J connectivity index is 2.90. The molecule has 4 nitrogen and oxygen atoms in total. The van der Waals surface area contributed by atoms with Gasteiger partial charge in [0.15, 0.2) is 10.6 Å². The van der Waals surface area contributed by atoms with Crippen LogP contribution in [0.15, 0.2) is 16.9 Å². The minimum Gasteiger partial charge on any atom is -0.382 e. The van der Waals surface area contributed by atoms with Gasteiger partial charge in [-0.1, -0.05) is 0 Å². The Morgan fingerprint density at radius 1 is 1.50 bits per heavy atom. The van der Waals surface area contributed by atoms with Gasteiger partial charge >= 0.3 is 0 Å². The van der Waals surface area contributed by atoms with Gasteiger partial charge in [0.2, 0.25) is 0 Å². The van der Waals surface area contributed by atoms with Crippen LogP contribution in [-0.2, 0) is 0 Å². The van der Waals surface area contributed by atoms with Crippen LogP contribution in [0.2, 0.25) is 0 Å². The maximum Gasteiger partial charge on any atom is 0.200 e. The lowest BCUT2D eigenvalue weighted by Gasteiger charge is -1.94. The number of rotatable bonds is 0. The van der Waals surface area contributed by atoms with Crippen molar-refractivity contribution in [2.45, 2.75) is 6.92 Å². The molecule has 0 saturated carbocycles. The van der Waals surface area contributed by atoms with E-state index in [1.807, 2.05) is 19.1 Å². The molecule has 0 aliphatic carbocycles. The molecule has 2 heterocycles. The summed E-state index contributed by atoms with van der Waals surface area (Å²) in [4.78, 5) is 4.03. The fraction of sp³-hybridized carbons (Fsp3) is 0.143. The number of fused-ring (bicyclic) bond motifs is 1. The third kappa shape index (κ3) is 0.972. The Morgan fingerprint density at radius 2 is 2.25 bits per heavy atom. The lowest BCUT2D eigenvalue weighted by atomic mass is 10.4. The van der Waals surface area contributed by atoms with Gasteiger partial charge in [0, 0.05) is 0 Å². The van der Waals surface area contributed by atoms with Gasteiger partial charge in [-0.25, -0.2) is 9.50 Å². The number of nitrogens with two attached hydrogens (primary N) is 1. The number of anilines is 1. The van der Waals surface area contributed by atoms with Crippen molar-refractivity contribution < 1.29 is 0 Å². The summed E-state index contributed by atoms with van der Waals surface area (Å²) in [6, 6.07) is 3.80. The van der Waals surface area contributed by atoms with Gasteiger partial charge in [-0.2, -0.15) is 5.10 Å². The predicted molar refractivity (Wildman–Crippen MR) is 49.8 cm³/mol. The van der Waals surface area contributed by atoms with E-state index in [-0.39, 0.29) is 0 Å². The molecule has 0 saturated heterocycles. The van der Waals surface area contributed by atoms with Gasteiger partial charge in [0.05, 0.1) is 5.69 Å². The standard InChI is InChI=1S/C7H7BrN4/c1-4-2-3-5-6(9)10-7(8)12(5)11-4/h2-3H,9H2,1H3. The van der Waals surface area contributed by atoms with Crippen molar-refractivity contribution in [1.82, 2.24) is 14.6 Å². The van der Waals surface area contributed by atoms with Gasteiger partial charge in [0.1, 0.15) is 5.52 Å². The molecule has 2 N–H and O–H groups in total. The van der Waals surface area contributed by atoms with Gasteiger partial charge < -0.3 is 5.73 Å². The molecular weight excluding hydrogens is 220 g/mol. The number of aryl methyl sites for hydroxylation is 1. The molecule has 0 aliphatic rings. The number of nitrogen functional groups attached to an aromatic ring is 1. The van der Waals surface area contributed by atoms with Gasteiger partial charge in [0.25, 0.3) is 0 Å². The Kier molecular flexibility index (Phi) is 1.54. The minimum absolute atomic E-state index is 0.495.